The lowest BCUT2D eigenvalue weighted by Crippen LogP contribution is -2.51. The molecule has 2 atom stereocenters. The summed E-state index contributed by atoms with van der Waals surface area (Å²) in [6.45, 7) is 3.90. The maximum atomic E-state index is 12.1. The molecule has 1 saturated heterocycles. The van der Waals surface area contributed by atoms with Gasteiger partial charge in [-0.05, 0) is 19.8 Å². The number of carboxylic acids is 1. The van der Waals surface area contributed by atoms with E-state index in [1.54, 1.807) is 18.9 Å². The lowest BCUT2D eigenvalue weighted by Gasteiger charge is -2.28. The van der Waals surface area contributed by atoms with Crippen molar-refractivity contribution in [3.63, 3.8) is 0 Å². The van der Waals surface area contributed by atoms with Gasteiger partial charge in [0.05, 0.1) is 0 Å². The zero-order valence-electron chi connectivity index (χ0n) is 11.5. The molecule has 2 unspecified atom stereocenters. The molecule has 0 radical (unpaired) electrons. The highest BCUT2D eigenvalue weighted by molar-refractivity contribution is 5.89. The van der Waals surface area contributed by atoms with E-state index in [0.29, 0.717) is 19.4 Å². The standard InChI is InChI=1S/C12H21N3O4/c1-4-8(2)15(7-10(16)17)12(19)13-9-5-6-14(3)11(9)18/h8-9H,4-7H2,1-3H3,(H,13,19)(H,16,17). The number of amides is 3. The van der Waals surface area contributed by atoms with E-state index in [0.717, 1.165) is 0 Å². The van der Waals surface area contributed by atoms with Crippen LogP contribution in [0.1, 0.15) is 26.7 Å². The first-order chi connectivity index (χ1) is 8.86. The quantitative estimate of drug-likeness (QED) is 0.742. The van der Waals surface area contributed by atoms with Gasteiger partial charge in [-0.15, -0.1) is 0 Å². The van der Waals surface area contributed by atoms with Crippen molar-refractivity contribution in [1.82, 2.24) is 15.1 Å². The van der Waals surface area contributed by atoms with Crippen LogP contribution in [0.5, 0.6) is 0 Å². The summed E-state index contributed by atoms with van der Waals surface area (Å²) in [6, 6.07) is -1.23. The molecule has 1 aliphatic heterocycles. The molecule has 3 amide bonds. The van der Waals surface area contributed by atoms with Crippen LogP contribution < -0.4 is 5.32 Å². The summed E-state index contributed by atoms with van der Waals surface area (Å²) in [4.78, 5) is 37.4. The molecule has 0 bridgehead atoms. The predicted octanol–water partition coefficient (Wildman–Crippen LogP) is 0.112. The van der Waals surface area contributed by atoms with Crippen molar-refractivity contribution in [2.24, 2.45) is 0 Å². The summed E-state index contributed by atoms with van der Waals surface area (Å²) in [5, 5.41) is 11.4. The Morgan fingerprint density at radius 2 is 2.21 bits per heavy atom. The number of hydrogen-bond donors (Lipinski definition) is 2. The first-order valence-electron chi connectivity index (χ1n) is 6.40. The van der Waals surface area contributed by atoms with Crippen LogP contribution in [0.2, 0.25) is 0 Å². The Balaban J connectivity index is 2.66. The lowest BCUT2D eigenvalue weighted by molar-refractivity contribution is -0.138. The summed E-state index contributed by atoms with van der Waals surface area (Å²) < 4.78 is 0. The first kappa shape index (κ1) is 15.3. The number of carbonyl (C=O) groups is 3. The van der Waals surface area contributed by atoms with Gasteiger partial charge in [-0.25, -0.2) is 4.79 Å². The normalized spacial score (nSPS) is 20.3. The van der Waals surface area contributed by atoms with Crippen molar-refractivity contribution in [1.29, 1.82) is 0 Å². The Morgan fingerprint density at radius 3 is 2.63 bits per heavy atom. The monoisotopic (exact) mass is 271 g/mol. The first-order valence-corrected chi connectivity index (χ1v) is 6.40. The summed E-state index contributed by atoms with van der Waals surface area (Å²) in [5.41, 5.74) is 0. The van der Waals surface area contributed by atoms with E-state index < -0.39 is 18.0 Å². The number of urea groups is 1. The van der Waals surface area contributed by atoms with Gasteiger partial charge in [-0.2, -0.15) is 0 Å². The number of nitrogens with zero attached hydrogens (tertiary/aromatic N) is 2. The molecule has 0 aromatic heterocycles. The number of carboxylic acid groups (broad SMARTS) is 1. The molecule has 7 heteroatoms. The zero-order valence-corrected chi connectivity index (χ0v) is 11.5. The van der Waals surface area contributed by atoms with Gasteiger partial charge in [0.1, 0.15) is 12.6 Å². The Bertz CT molecular complexity index is 372. The molecule has 7 nitrogen and oxygen atoms in total. The molecule has 0 aromatic rings. The van der Waals surface area contributed by atoms with E-state index in [9.17, 15) is 14.4 Å². The van der Waals surface area contributed by atoms with Crippen molar-refractivity contribution < 1.29 is 19.5 Å². The van der Waals surface area contributed by atoms with Crippen LogP contribution in [0, 0.1) is 0 Å². The molecule has 1 rings (SSSR count). The third-order valence-corrected chi connectivity index (χ3v) is 3.41. The highest BCUT2D eigenvalue weighted by Crippen LogP contribution is 2.10. The predicted molar refractivity (Wildman–Crippen MR) is 68.7 cm³/mol. The van der Waals surface area contributed by atoms with Crippen LogP contribution >= 0.6 is 0 Å². The van der Waals surface area contributed by atoms with Gasteiger partial charge in [0.15, 0.2) is 0 Å². The highest BCUT2D eigenvalue weighted by Gasteiger charge is 2.32. The minimum absolute atomic E-state index is 0.132. The van der Waals surface area contributed by atoms with Crippen LogP contribution in [-0.4, -0.2) is 65.0 Å². The van der Waals surface area contributed by atoms with Crippen LogP contribution in [0.3, 0.4) is 0 Å². The average Bonchev–Trinajstić information content (AvgIpc) is 2.66. The molecule has 0 aliphatic carbocycles. The van der Waals surface area contributed by atoms with Crippen LogP contribution in [-0.2, 0) is 9.59 Å². The maximum absolute atomic E-state index is 12.1. The number of rotatable bonds is 5. The van der Waals surface area contributed by atoms with Crippen molar-refractivity contribution in [2.75, 3.05) is 20.1 Å². The molecule has 1 aliphatic rings. The van der Waals surface area contributed by atoms with Crippen LogP contribution in [0.15, 0.2) is 0 Å². The smallest absolute Gasteiger partial charge is 0.323 e. The van der Waals surface area contributed by atoms with Crippen molar-refractivity contribution in [2.45, 2.75) is 38.8 Å². The van der Waals surface area contributed by atoms with Crippen LogP contribution in [0.4, 0.5) is 4.79 Å². The molecular formula is C12H21N3O4. The molecule has 0 spiro atoms. The lowest BCUT2D eigenvalue weighted by atomic mass is 10.2. The number of aliphatic carboxylic acids is 1. The largest absolute Gasteiger partial charge is 0.480 e. The SMILES string of the molecule is CCC(C)N(CC(=O)O)C(=O)NC1CCN(C)C1=O. The fourth-order valence-electron chi connectivity index (χ4n) is 1.98. The molecule has 19 heavy (non-hydrogen) atoms. The zero-order chi connectivity index (χ0) is 14.6. The molecule has 0 aromatic carbocycles. The summed E-state index contributed by atoms with van der Waals surface area (Å²) in [6.07, 6.45) is 1.21. The van der Waals surface area contributed by atoms with E-state index in [1.165, 1.54) is 4.90 Å². The summed E-state index contributed by atoms with van der Waals surface area (Å²) in [7, 11) is 1.68. The fraction of sp³-hybridized carbons (Fsp3) is 0.750. The Kier molecular flexibility index (Phi) is 5.14. The summed E-state index contributed by atoms with van der Waals surface area (Å²) in [5.74, 6) is -1.20. The molecule has 1 fully saturated rings. The van der Waals surface area contributed by atoms with E-state index >= 15 is 0 Å². The van der Waals surface area contributed by atoms with Gasteiger partial charge >= 0.3 is 12.0 Å². The number of carbonyl (C=O) groups excluding carboxylic acids is 2. The number of likely N-dealkylation sites (tertiary alicyclic amines) is 1. The minimum Gasteiger partial charge on any atom is -0.480 e. The summed E-state index contributed by atoms with van der Waals surface area (Å²) >= 11 is 0. The van der Waals surface area contributed by atoms with Crippen molar-refractivity contribution >= 4 is 17.9 Å². The van der Waals surface area contributed by atoms with Gasteiger partial charge in [0, 0.05) is 19.6 Å². The van der Waals surface area contributed by atoms with Gasteiger partial charge in [-0.3, -0.25) is 9.59 Å². The van der Waals surface area contributed by atoms with Gasteiger partial charge in [0.25, 0.3) is 0 Å². The van der Waals surface area contributed by atoms with Gasteiger partial charge in [0.2, 0.25) is 5.91 Å². The minimum atomic E-state index is -1.06. The third kappa shape index (κ3) is 3.84. The molecular weight excluding hydrogens is 250 g/mol. The third-order valence-electron chi connectivity index (χ3n) is 3.41. The topological polar surface area (TPSA) is 89.9 Å². The van der Waals surface area contributed by atoms with Crippen LogP contribution in [0.25, 0.3) is 0 Å². The number of likely N-dealkylation sites (N-methyl/N-ethyl adjacent to an activating group) is 1. The second-order valence-corrected chi connectivity index (χ2v) is 4.83. The number of nitrogens with one attached hydrogen (secondary N) is 1. The van der Waals surface area contributed by atoms with Gasteiger partial charge < -0.3 is 20.2 Å². The molecule has 1 heterocycles. The average molecular weight is 271 g/mol. The highest BCUT2D eigenvalue weighted by atomic mass is 16.4. The number of hydrogen-bond acceptors (Lipinski definition) is 3. The molecule has 108 valence electrons. The Labute approximate surface area is 112 Å². The van der Waals surface area contributed by atoms with Crippen molar-refractivity contribution in [3.05, 3.63) is 0 Å². The Morgan fingerprint density at radius 1 is 1.58 bits per heavy atom. The Hall–Kier alpha value is -1.79. The van der Waals surface area contributed by atoms with Gasteiger partial charge in [-0.1, -0.05) is 6.92 Å². The fourth-order valence-corrected chi connectivity index (χ4v) is 1.98. The maximum Gasteiger partial charge on any atom is 0.323 e. The molecule has 2 N–H and O–H groups in total. The van der Waals surface area contributed by atoms with E-state index in [4.69, 9.17) is 5.11 Å². The molecule has 0 saturated carbocycles. The van der Waals surface area contributed by atoms with E-state index in [-0.39, 0.29) is 18.5 Å². The second-order valence-electron chi connectivity index (χ2n) is 4.83. The second kappa shape index (κ2) is 6.40. The van der Waals surface area contributed by atoms with E-state index in [2.05, 4.69) is 5.32 Å². The van der Waals surface area contributed by atoms with Crippen molar-refractivity contribution in [3.8, 4) is 0 Å². The van der Waals surface area contributed by atoms with E-state index in [1.807, 2.05) is 6.92 Å².